The van der Waals surface area contributed by atoms with E-state index in [1.165, 1.54) is 16.7 Å². The molecule has 0 N–H and O–H groups in total. The van der Waals surface area contributed by atoms with Gasteiger partial charge in [0.05, 0.1) is 18.8 Å². The van der Waals surface area contributed by atoms with Crippen molar-refractivity contribution in [2.45, 2.75) is 45.9 Å². The van der Waals surface area contributed by atoms with Gasteiger partial charge in [0.2, 0.25) is 5.91 Å². The Labute approximate surface area is 185 Å². The summed E-state index contributed by atoms with van der Waals surface area (Å²) in [6.07, 6.45) is 4.91. The molecule has 2 heterocycles. The molecule has 31 heavy (non-hydrogen) atoms. The van der Waals surface area contributed by atoms with E-state index >= 15 is 0 Å². The molecule has 1 amide bonds. The summed E-state index contributed by atoms with van der Waals surface area (Å²) in [6.45, 7) is 7.37. The lowest BCUT2D eigenvalue weighted by atomic mass is 9.94. The number of hydrogen-bond donors (Lipinski definition) is 0. The van der Waals surface area contributed by atoms with E-state index in [0.717, 1.165) is 31.6 Å². The minimum Gasteiger partial charge on any atom is -0.340 e. The van der Waals surface area contributed by atoms with Crippen LogP contribution < -0.4 is 0 Å². The van der Waals surface area contributed by atoms with Gasteiger partial charge in [0.15, 0.2) is 0 Å². The third-order valence-corrected chi connectivity index (χ3v) is 6.11. The van der Waals surface area contributed by atoms with Gasteiger partial charge in [-0.3, -0.25) is 14.4 Å². The Bertz CT molecular complexity index is 1010. The summed E-state index contributed by atoms with van der Waals surface area (Å²) in [7, 11) is 1.91. The normalized spacial score (nSPS) is 15.0. The first-order chi connectivity index (χ1) is 15.0. The van der Waals surface area contributed by atoms with Crippen LogP contribution in [-0.2, 0) is 30.8 Å². The molecule has 162 valence electrons. The molecule has 3 aromatic rings. The summed E-state index contributed by atoms with van der Waals surface area (Å²) >= 11 is 0. The van der Waals surface area contributed by atoms with Crippen LogP contribution in [0.15, 0.2) is 67.0 Å². The smallest absolute Gasteiger partial charge is 0.240 e. The quantitative estimate of drug-likeness (QED) is 0.585. The lowest BCUT2D eigenvalue weighted by molar-refractivity contribution is -0.138. The number of carbonyl (C=O) groups excluding carboxylic acids is 1. The van der Waals surface area contributed by atoms with Gasteiger partial charge >= 0.3 is 0 Å². The van der Waals surface area contributed by atoms with Crippen LogP contribution in [0.4, 0.5) is 0 Å². The van der Waals surface area contributed by atoms with Gasteiger partial charge in [-0.1, -0.05) is 68.4 Å². The molecule has 0 saturated heterocycles. The first-order valence-corrected chi connectivity index (χ1v) is 11.1. The second-order valence-electron chi connectivity index (χ2n) is 8.90. The monoisotopic (exact) mass is 416 g/mol. The van der Waals surface area contributed by atoms with Gasteiger partial charge in [0.1, 0.15) is 0 Å². The maximum absolute atomic E-state index is 13.5. The third-order valence-electron chi connectivity index (χ3n) is 6.11. The van der Waals surface area contributed by atoms with Crippen molar-refractivity contribution in [3.63, 3.8) is 0 Å². The predicted octanol–water partition coefficient (Wildman–Crippen LogP) is 3.97. The largest absolute Gasteiger partial charge is 0.340 e. The van der Waals surface area contributed by atoms with Crippen LogP contribution >= 0.6 is 0 Å². The van der Waals surface area contributed by atoms with Crippen LogP contribution in [0.3, 0.4) is 0 Å². The van der Waals surface area contributed by atoms with Crippen molar-refractivity contribution < 1.29 is 4.79 Å². The van der Waals surface area contributed by atoms with Crippen molar-refractivity contribution >= 4 is 5.91 Å². The summed E-state index contributed by atoms with van der Waals surface area (Å²) in [5, 5.41) is 4.49. The molecule has 0 aliphatic carbocycles. The molecule has 5 heteroatoms. The summed E-state index contributed by atoms with van der Waals surface area (Å²) < 4.78 is 1.93. The fourth-order valence-corrected chi connectivity index (χ4v) is 4.54. The van der Waals surface area contributed by atoms with E-state index < -0.39 is 0 Å². The van der Waals surface area contributed by atoms with Crippen molar-refractivity contribution in [2.75, 3.05) is 13.6 Å². The Hall–Kier alpha value is -2.92. The van der Waals surface area contributed by atoms with Gasteiger partial charge in [-0.15, -0.1) is 0 Å². The minimum absolute atomic E-state index is 0.113. The molecule has 1 aromatic heterocycles. The molecule has 2 aromatic carbocycles. The third kappa shape index (κ3) is 5.05. The van der Waals surface area contributed by atoms with E-state index in [1.54, 1.807) is 0 Å². The number of amides is 1. The van der Waals surface area contributed by atoms with Gasteiger partial charge in [0, 0.05) is 38.4 Å². The molecule has 1 atom stereocenters. The molecular weight excluding hydrogens is 384 g/mol. The zero-order valence-electron chi connectivity index (χ0n) is 18.7. The topological polar surface area (TPSA) is 41.4 Å². The van der Waals surface area contributed by atoms with Crippen molar-refractivity contribution in [2.24, 2.45) is 5.92 Å². The lowest BCUT2D eigenvalue weighted by Crippen LogP contribution is -2.51. The Morgan fingerprint density at radius 1 is 1.03 bits per heavy atom. The minimum atomic E-state index is -0.113. The first kappa shape index (κ1) is 21.3. The highest BCUT2D eigenvalue weighted by molar-refractivity contribution is 5.82. The Kier molecular flexibility index (Phi) is 6.52. The molecule has 0 saturated carbocycles. The zero-order valence-corrected chi connectivity index (χ0v) is 18.7. The maximum atomic E-state index is 13.5. The van der Waals surface area contributed by atoms with Crippen LogP contribution in [0.25, 0.3) is 0 Å². The van der Waals surface area contributed by atoms with Crippen molar-refractivity contribution in [1.29, 1.82) is 0 Å². The highest BCUT2D eigenvalue weighted by Gasteiger charge is 2.33. The predicted molar refractivity (Wildman–Crippen MR) is 123 cm³/mol. The van der Waals surface area contributed by atoms with E-state index in [0.29, 0.717) is 6.54 Å². The van der Waals surface area contributed by atoms with Crippen molar-refractivity contribution in [3.05, 3.63) is 89.2 Å². The molecule has 1 unspecified atom stereocenters. The van der Waals surface area contributed by atoms with Crippen LogP contribution in [0, 0.1) is 5.92 Å². The van der Waals surface area contributed by atoms with E-state index in [2.05, 4.69) is 60.2 Å². The molecule has 0 bridgehead atoms. The van der Waals surface area contributed by atoms with Crippen LogP contribution in [0.2, 0.25) is 0 Å². The molecule has 1 aliphatic heterocycles. The Morgan fingerprint density at radius 3 is 2.48 bits per heavy atom. The van der Waals surface area contributed by atoms with E-state index in [1.807, 2.05) is 47.2 Å². The molecule has 0 spiro atoms. The second-order valence-corrected chi connectivity index (χ2v) is 8.90. The molecule has 0 radical (unpaired) electrons. The van der Waals surface area contributed by atoms with E-state index in [4.69, 9.17) is 0 Å². The number of nitrogens with zero attached hydrogens (tertiary/aromatic N) is 4. The van der Waals surface area contributed by atoms with Crippen LogP contribution in [0.1, 0.15) is 36.1 Å². The maximum Gasteiger partial charge on any atom is 0.240 e. The number of fused-ring (bicyclic) bond motifs is 1. The lowest BCUT2D eigenvalue weighted by Gasteiger charge is -2.38. The van der Waals surface area contributed by atoms with Gasteiger partial charge in [0.25, 0.3) is 0 Å². The first-order valence-electron chi connectivity index (χ1n) is 11.1. The summed E-state index contributed by atoms with van der Waals surface area (Å²) in [5.74, 6) is 0.436. The van der Waals surface area contributed by atoms with Crippen LogP contribution in [0.5, 0.6) is 0 Å². The molecule has 0 fully saturated rings. The average Bonchev–Trinajstić information content (AvgIpc) is 3.20. The van der Waals surface area contributed by atoms with Gasteiger partial charge < -0.3 is 4.90 Å². The number of hydrogen-bond acceptors (Lipinski definition) is 3. The zero-order chi connectivity index (χ0) is 21.8. The SMILES string of the molecule is CC(C)C(C(=O)N(C)Cc1cnn(Cc2ccccc2)c1)N1CCc2ccccc2C1. The number of likely N-dealkylation sites (N-methyl/N-ethyl adjacent to an activating group) is 1. The molecular formula is C26H32N4O. The van der Waals surface area contributed by atoms with Gasteiger partial charge in [-0.25, -0.2) is 0 Å². The summed E-state index contributed by atoms with van der Waals surface area (Å²) in [5.41, 5.74) is 5.02. The fraction of sp³-hybridized carbons (Fsp3) is 0.385. The average molecular weight is 417 g/mol. The molecule has 1 aliphatic rings. The number of carbonyl (C=O) groups is 1. The van der Waals surface area contributed by atoms with Crippen molar-refractivity contribution in [3.8, 4) is 0 Å². The highest BCUT2D eigenvalue weighted by Crippen LogP contribution is 2.24. The summed E-state index contributed by atoms with van der Waals surface area (Å²) in [6, 6.07) is 18.8. The summed E-state index contributed by atoms with van der Waals surface area (Å²) in [4.78, 5) is 17.7. The highest BCUT2D eigenvalue weighted by atomic mass is 16.2. The Balaban J connectivity index is 1.41. The second kappa shape index (κ2) is 9.48. The Morgan fingerprint density at radius 2 is 1.74 bits per heavy atom. The number of aromatic nitrogens is 2. The number of benzene rings is 2. The van der Waals surface area contributed by atoms with Gasteiger partial charge in [-0.2, -0.15) is 5.10 Å². The molecule has 4 rings (SSSR count). The van der Waals surface area contributed by atoms with E-state index in [9.17, 15) is 4.79 Å². The van der Waals surface area contributed by atoms with Gasteiger partial charge in [-0.05, 0) is 29.0 Å². The fourth-order valence-electron chi connectivity index (χ4n) is 4.54. The van der Waals surface area contributed by atoms with E-state index in [-0.39, 0.29) is 17.9 Å². The number of rotatable bonds is 7. The van der Waals surface area contributed by atoms with Crippen LogP contribution in [-0.4, -0.2) is 45.1 Å². The molecule has 5 nitrogen and oxygen atoms in total. The van der Waals surface area contributed by atoms with Crippen molar-refractivity contribution in [1.82, 2.24) is 19.6 Å². The standard InChI is InChI=1S/C26H32N4O/c1-20(2)25(29-14-13-23-11-7-8-12-24(23)19-29)26(31)28(3)16-22-15-27-30(18-22)17-21-9-5-4-6-10-21/h4-12,15,18,20,25H,13-14,16-17,19H2,1-3H3.